The van der Waals surface area contributed by atoms with Gasteiger partial charge < -0.3 is 0 Å². The molecule has 1 aromatic rings. The molecule has 0 aromatic heterocycles. The number of nitriles is 1. The quantitative estimate of drug-likeness (QED) is 0.823. The van der Waals surface area contributed by atoms with Gasteiger partial charge in [0, 0.05) is 5.92 Å². The fourth-order valence-corrected chi connectivity index (χ4v) is 3.14. The second-order valence-electron chi connectivity index (χ2n) is 6.75. The second kappa shape index (κ2) is 4.20. The monoisotopic (exact) mass is 255 g/mol. The first-order valence-corrected chi connectivity index (χ1v) is 6.73. The number of Topliss-reactive ketones (excluding diaryl/α,β-unsaturated/α-hetero) is 1. The first-order valence-electron chi connectivity index (χ1n) is 6.73. The fraction of sp³-hybridized carbons (Fsp3) is 0.529. The summed E-state index contributed by atoms with van der Waals surface area (Å²) in [5.74, 6) is -0.584. The van der Waals surface area contributed by atoms with E-state index in [4.69, 9.17) is 0 Å². The van der Waals surface area contributed by atoms with E-state index in [-0.39, 0.29) is 22.5 Å². The summed E-state index contributed by atoms with van der Waals surface area (Å²) in [5.41, 5.74) is 1.94. The first-order chi connectivity index (χ1) is 8.73. The Hall–Kier alpha value is -1.62. The standard InChI is InChI=1S/C17H21NO/c1-11-6-8-12(9-7-11)13(10-18)14(19)15-16(2,3)17(15,4)5/h6-9,13,15H,1-5H3. The molecule has 0 aliphatic heterocycles. The highest BCUT2D eigenvalue weighted by Crippen LogP contribution is 2.69. The highest BCUT2D eigenvalue weighted by molar-refractivity contribution is 5.94. The molecule has 1 aliphatic rings. The molecule has 1 fully saturated rings. The molecular weight excluding hydrogens is 234 g/mol. The molecule has 0 radical (unpaired) electrons. The summed E-state index contributed by atoms with van der Waals surface area (Å²) in [7, 11) is 0. The number of hydrogen-bond donors (Lipinski definition) is 0. The molecule has 19 heavy (non-hydrogen) atoms. The number of ketones is 1. The van der Waals surface area contributed by atoms with Gasteiger partial charge in [0.25, 0.3) is 0 Å². The van der Waals surface area contributed by atoms with Crippen molar-refractivity contribution in [3.63, 3.8) is 0 Å². The number of aryl methyl sites for hydroxylation is 1. The molecule has 1 unspecified atom stereocenters. The summed E-state index contributed by atoms with van der Waals surface area (Å²) in [6.07, 6.45) is 0. The number of hydrogen-bond acceptors (Lipinski definition) is 2. The molecule has 0 amide bonds. The van der Waals surface area contributed by atoms with E-state index in [1.54, 1.807) is 0 Å². The Balaban J connectivity index is 2.28. The van der Waals surface area contributed by atoms with Gasteiger partial charge in [0.1, 0.15) is 5.92 Å². The zero-order chi connectivity index (χ0) is 14.4. The number of carbonyl (C=O) groups is 1. The molecule has 0 N–H and O–H groups in total. The second-order valence-corrected chi connectivity index (χ2v) is 6.75. The maximum absolute atomic E-state index is 12.6. The summed E-state index contributed by atoms with van der Waals surface area (Å²) < 4.78 is 0. The van der Waals surface area contributed by atoms with Crippen LogP contribution in [0.25, 0.3) is 0 Å². The van der Waals surface area contributed by atoms with Crippen molar-refractivity contribution >= 4 is 5.78 Å². The molecule has 2 heteroatoms. The van der Waals surface area contributed by atoms with Gasteiger partial charge in [-0.25, -0.2) is 0 Å². The average molecular weight is 255 g/mol. The third-order valence-corrected chi connectivity index (χ3v) is 5.13. The van der Waals surface area contributed by atoms with E-state index in [0.717, 1.165) is 11.1 Å². The van der Waals surface area contributed by atoms with Crippen molar-refractivity contribution in [1.82, 2.24) is 0 Å². The van der Waals surface area contributed by atoms with Gasteiger partial charge >= 0.3 is 0 Å². The lowest BCUT2D eigenvalue weighted by atomic mass is 9.90. The van der Waals surface area contributed by atoms with Crippen LogP contribution in [0.3, 0.4) is 0 Å². The van der Waals surface area contributed by atoms with E-state index in [0.29, 0.717) is 0 Å². The van der Waals surface area contributed by atoms with Crippen molar-refractivity contribution in [2.45, 2.75) is 40.5 Å². The lowest BCUT2D eigenvalue weighted by Gasteiger charge is -2.10. The van der Waals surface area contributed by atoms with Crippen LogP contribution in [-0.4, -0.2) is 5.78 Å². The zero-order valence-electron chi connectivity index (χ0n) is 12.3. The van der Waals surface area contributed by atoms with Crippen LogP contribution >= 0.6 is 0 Å². The van der Waals surface area contributed by atoms with Gasteiger partial charge in [-0.15, -0.1) is 0 Å². The van der Waals surface area contributed by atoms with Crippen molar-refractivity contribution in [3.8, 4) is 6.07 Å². The van der Waals surface area contributed by atoms with Crippen LogP contribution in [0.2, 0.25) is 0 Å². The van der Waals surface area contributed by atoms with Crippen molar-refractivity contribution in [2.75, 3.05) is 0 Å². The van der Waals surface area contributed by atoms with Crippen LogP contribution in [0, 0.1) is 35.0 Å². The molecule has 0 heterocycles. The Morgan fingerprint density at radius 1 is 1.16 bits per heavy atom. The Kier molecular flexibility index (Phi) is 3.05. The molecule has 0 bridgehead atoms. The van der Waals surface area contributed by atoms with E-state index in [2.05, 4.69) is 33.8 Å². The highest BCUT2D eigenvalue weighted by Gasteiger charge is 2.68. The van der Waals surface area contributed by atoms with Gasteiger partial charge in [0.15, 0.2) is 5.78 Å². The summed E-state index contributed by atoms with van der Waals surface area (Å²) in [4.78, 5) is 12.6. The third kappa shape index (κ3) is 1.98. The lowest BCUT2D eigenvalue weighted by molar-refractivity contribution is -0.121. The Morgan fingerprint density at radius 2 is 1.63 bits per heavy atom. The van der Waals surface area contributed by atoms with E-state index >= 15 is 0 Å². The predicted molar refractivity (Wildman–Crippen MR) is 75.6 cm³/mol. The summed E-state index contributed by atoms with van der Waals surface area (Å²) >= 11 is 0. The van der Waals surface area contributed by atoms with Gasteiger partial charge in [-0.05, 0) is 23.3 Å². The van der Waals surface area contributed by atoms with Crippen molar-refractivity contribution in [1.29, 1.82) is 5.26 Å². The summed E-state index contributed by atoms with van der Waals surface area (Å²) in [6, 6.07) is 9.88. The van der Waals surface area contributed by atoms with Crippen LogP contribution in [-0.2, 0) is 4.79 Å². The molecule has 100 valence electrons. The maximum atomic E-state index is 12.6. The minimum Gasteiger partial charge on any atom is -0.297 e. The minimum absolute atomic E-state index is 0.0100. The van der Waals surface area contributed by atoms with Crippen molar-refractivity contribution < 1.29 is 4.79 Å². The van der Waals surface area contributed by atoms with Crippen LogP contribution < -0.4 is 0 Å². The van der Waals surface area contributed by atoms with E-state index in [1.165, 1.54) is 0 Å². The van der Waals surface area contributed by atoms with Gasteiger partial charge in [0.2, 0.25) is 0 Å². The molecular formula is C17H21NO. The minimum atomic E-state index is -0.633. The van der Waals surface area contributed by atoms with E-state index in [9.17, 15) is 10.1 Å². The summed E-state index contributed by atoms with van der Waals surface area (Å²) in [5, 5.41) is 9.37. The van der Waals surface area contributed by atoms with Gasteiger partial charge in [-0.1, -0.05) is 57.5 Å². The molecule has 1 aromatic carbocycles. The van der Waals surface area contributed by atoms with Gasteiger partial charge in [0.05, 0.1) is 6.07 Å². The lowest BCUT2D eigenvalue weighted by Crippen LogP contribution is -2.16. The number of carbonyl (C=O) groups excluding carboxylic acids is 1. The van der Waals surface area contributed by atoms with Crippen LogP contribution in [0.4, 0.5) is 0 Å². The molecule has 0 saturated heterocycles. The zero-order valence-corrected chi connectivity index (χ0v) is 12.3. The predicted octanol–water partition coefficient (Wildman–Crippen LogP) is 3.85. The molecule has 1 atom stereocenters. The molecule has 1 aliphatic carbocycles. The van der Waals surface area contributed by atoms with Crippen LogP contribution in [0.15, 0.2) is 24.3 Å². The fourth-order valence-electron chi connectivity index (χ4n) is 3.14. The topological polar surface area (TPSA) is 40.9 Å². The SMILES string of the molecule is Cc1ccc(C(C#N)C(=O)C2C(C)(C)C2(C)C)cc1. The van der Waals surface area contributed by atoms with Crippen LogP contribution in [0.5, 0.6) is 0 Å². The highest BCUT2D eigenvalue weighted by atomic mass is 16.1. The summed E-state index contributed by atoms with van der Waals surface area (Å²) in [6.45, 7) is 10.4. The van der Waals surface area contributed by atoms with Crippen LogP contribution in [0.1, 0.15) is 44.7 Å². The number of nitrogens with zero attached hydrogens (tertiary/aromatic N) is 1. The van der Waals surface area contributed by atoms with E-state index in [1.807, 2.05) is 31.2 Å². The van der Waals surface area contributed by atoms with Crippen molar-refractivity contribution in [3.05, 3.63) is 35.4 Å². The molecule has 1 saturated carbocycles. The molecule has 2 nitrogen and oxygen atoms in total. The van der Waals surface area contributed by atoms with Gasteiger partial charge in [-0.2, -0.15) is 5.26 Å². The number of benzene rings is 1. The first kappa shape index (κ1) is 13.8. The normalized spacial score (nSPS) is 21.5. The Morgan fingerprint density at radius 3 is 2.00 bits per heavy atom. The van der Waals surface area contributed by atoms with E-state index < -0.39 is 5.92 Å². The molecule has 0 spiro atoms. The third-order valence-electron chi connectivity index (χ3n) is 5.13. The van der Waals surface area contributed by atoms with Crippen molar-refractivity contribution in [2.24, 2.45) is 16.7 Å². The average Bonchev–Trinajstić information content (AvgIpc) is 2.73. The Bertz CT molecular complexity index is 532. The molecule has 2 rings (SSSR count). The smallest absolute Gasteiger partial charge is 0.158 e. The maximum Gasteiger partial charge on any atom is 0.158 e. The Labute approximate surface area is 115 Å². The largest absolute Gasteiger partial charge is 0.297 e. The number of rotatable bonds is 3. The van der Waals surface area contributed by atoms with Gasteiger partial charge in [-0.3, -0.25) is 4.79 Å².